The lowest BCUT2D eigenvalue weighted by Gasteiger charge is -2.03. The van der Waals surface area contributed by atoms with Crippen LogP contribution in [-0.2, 0) is 14.3 Å². The summed E-state index contributed by atoms with van der Waals surface area (Å²) in [5, 5.41) is 16.7. The van der Waals surface area contributed by atoms with Gasteiger partial charge in [0.2, 0.25) is 0 Å². The van der Waals surface area contributed by atoms with Crippen LogP contribution in [0, 0.1) is 0 Å². The van der Waals surface area contributed by atoms with Gasteiger partial charge in [-0.1, -0.05) is 0 Å². The number of esters is 1. The molecule has 0 aromatic carbocycles. The Morgan fingerprint density at radius 1 is 1.55 bits per heavy atom. The number of carbonyl (C=O) groups is 2. The van der Waals surface area contributed by atoms with Crippen molar-refractivity contribution in [1.29, 1.82) is 0 Å². The normalized spacial score (nSPS) is 11.1. The van der Waals surface area contributed by atoms with Crippen molar-refractivity contribution in [2.45, 2.75) is 12.5 Å². The molecular weight excluding hydrogens is 154 g/mol. The van der Waals surface area contributed by atoms with Gasteiger partial charge in [0.15, 0.2) is 6.10 Å². The Labute approximate surface area is 63.4 Å². The van der Waals surface area contributed by atoms with E-state index in [1.807, 2.05) is 0 Å². The van der Waals surface area contributed by atoms with Gasteiger partial charge in [-0.25, -0.2) is 4.79 Å². The maximum atomic E-state index is 10.3. The van der Waals surface area contributed by atoms with Crippen LogP contribution in [0.2, 0.25) is 0 Å². The van der Waals surface area contributed by atoms with Crippen molar-refractivity contribution in [2.75, 3.05) is 7.11 Å². The van der Waals surface area contributed by atoms with E-state index in [9.17, 15) is 9.59 Å². The molecular formula is C5H11NO5. The molecule has 1 unspecified atom stereocenters. The lowest BCUT2D eigenvalue weighted by molar-refractivity contribution is -0.155. The molecule has 0 aliphatic rings. The first-order chi connectivity index (χ1) is 4.57. The summed E-state index contributed by atoms with van der Waals surface area (Å²) in [6.07, 6.45) is -2.17. The third kappa shape index (κ3) is 5.31. The lowest BCUT2D eigenvalue weighted by Crippen LogP contribution is -2.24. The van der Waals surface area contributed by atoms with Crippen LogP contribution in [0.4, 0.5) is 0 Å². The molecule has 66 valence electrons. The summed E-state index contributed by atoms with van der Waals surface area (Å²) in [7, 11) is 1.08. The Hall–Kier alpha value is -1.14. The average Bonchev–Trinajstić information content (AvgIpc) is 1.85. The van der Waals surface area contributed by atoms with Gasteiger partial charge in [-0.2, -0.15) is 0 Å². The van der Waals surface area contributed by atoms with E-state index in [1.165, 1.54) is 0 Å². The van der Waals surface area contributed by atoms with E-state index in [0.29, 0.717) is 0 Å². The molecule has 11 heavy (non-hydrogen) atoms. The first-order valence-corrected chi connectivity index (χ1v) is 2.55. The monoisotopic (exact) mass is 165 g/mol. The molecule has 0 aromatic rings. The summed E-state index contributed by atoms with van der Waals surface area (Å²) in [5.74, 6) is -2.17. The highest BCUT2D eigenvalue weighted by Crippen LogP contribution is 1.92. The topological polar surface area (TPSA) is 119 Å². The Morgan fingerprint density at radius 3 is 2.27 bits per heavy atom. The summed E-state index contributed by atoms with van der Waals surface area (Å²) in [6.45, 7) is 0. The first kappa shape index (κ1) is 12.5. The molecule has 5 N–H and O–H groups in total. The van der Waals surface area contributed by atoms with E-state index in [4.69, 9.17) is 10.2 Å². The van der Waals surface area contributed by atoms with Crippen LogP contribution in [0.5, 0.6) is 0 Å². The second kappa shape index (κ2) is 5.63. The number of carboxylic acid groups (broad SMARTS) is 1. The van der Waals surface area contributed by atoms with Gasteiger partial charge in [-0.15, -0.1) is 0 Å². The second-order valence-corrected chi connectivity index (χ2v) is 1.64. The molecule has 0 spiro atoms. The number of carbonyl (C=O) groups excluding carboxylic acids is 1. The fourth-order valence-electron chi connectivity index (χ4n) is 0.385. The Bertz CT molecular complexity index is 146. The maximum absolute atomic E-state index is 10.3. The van der Waals surface area contributed by atoms with E-state index < -0.39 is 24.5 Å². The lowest BCUT2D eigenvalue weighted by atomic mass is 10.3. The Kier molecular flexibility index (Phi) is 6.41. The van der Waals surface area contributed by atoms with Gasteiger partial charge in [-0.3, -0.25) is 4.79 Å². The molecule has 0 saturated heterocycles. The van der Waals surface area contributed by atoms with Gasteiger partial charge in [0.1, 0.15) is 0 Å². The Morgan fingerprint density at radius 2 is 2.00 bits per heavy atom. The Balaban J connectivity index is 0. The predicted octanol–water partition coefficient (Wildman–Crippen LogP) is -0.843. The molecule has 0 aliphatic carbocycles. The minimum atomic E-state index is -1.55. The van der Waals surface area contributed by atoms with Crippen LogP contribution >= 0.6 is 0 Å². The molecule has 0 aromatic heterocycles. The van der Waals surface area contributed by atoms with Gasteiger partial charge in [-0.05, 0) is 0 Å². The van der Waals surface area contributed by atoms with E-state index in [2.05, 4.69) is 4.74 Å². The van der Waals surface area contributed by atoms with Crippen molar-refractivity contribution < 1.29 is 24.5 Å². The third-order valence-electron chi connectivity index (χ3n) is 0.841. The fourth-order valence-corrected chi connectivity index (χ4v) is 0.385. The number of hydrogen-bond donors (Lipinski definition) is 3. The van der Waals surface area contributed by atoms with Crippen molar-refractivity contribution >= 4 is 11.9 Å². The smallest absolute Gasteiger partial charge is 0.335 e. The molecule has 6 nitrogen and oxygen atoms in total. The second-order valence-electron chi connectivity index (χ2n) is 1.64. The SMILES string of the molecule is COC(=O)C(O)CC(=O)O.N. The fraction of sp³-hybridized carbons (Fsp3) is 0.600. The minimum Gasteiger partial charge on any atom is -0.481 e. The number of carboxylic acids is 1. The summed E-state index contributed by atoms with van der Waals surface area (Å²) in [4.78, 5) is 20.2. The van der Waals surface area contributed by atoms with Gasteiger partial charge in [0.05, 0.1) is 13.5 Å². The van der Waals surface area contributed by atoms with Crippen LogP contribution in [0.25, 0.3) is 0 Å². The molecule has 0 amide bonds. The molecule has 0 rings (SSSR count). The molecule has 0 heterocycles. The summed E-state index contributed by atoms with van der Waals surface area (Å²) >= 11 is 0. The number of hydrogen-bond acceptors (Lipinski definition) is 5. The highest BCUT2D eigenvalue weighted by Gasteiger charge is 2.18. The van der Waals surface area contributed by atoms with E-state index in [1.54, 1.807) is 0 Å². The number of aliphatic hydroxyl groups is 1. The van der Waals surface area contributed by atoms with Crippen molar-refractivity contribution in [3.8, 4) is 0 Å². The number of aliphatic carboxylic acids is 1. The van der Waals surface area contributed by atoms with Crippen LogP contribution < -0.4 is 6.15 Å². The van der Waals surface area contributed by atoms with Crippen LogP contribution in [0.1, 0.15) is 6.42 Å². The molecule has 0 radical (unpaired) electrons. The molecule has 0 aliphatic heterocycles. The quantitative estimate of drug-likeness (QED) is 0.469. The molecule has 0 fully saturated rings. The van der Waals surface area contributed by atoms with E-state index in [0.717, 1.165) is 7.11 Å². The largest absolute Gasteiger partial charge is 0.481 e. The maximum Gasteiger partial charge on any atom is 0.335 e. The van der Waals surface area contributed by atoms with Crippen molar-refractivity contribution in [3.05, 3.63) is 0 Å². The number of methoxy groups -OCH3 is 1. The van der Waals surface area contributed by atoms with Crippen molar-refractivity contribution in [2.24, 2.45) is 0 Å². The average molecular weight is 165 g/mol. The van der Waals surface area contributed by atoms with E-state index >= 15 is 0 Å². The summed E-state index contributed by atoms with van der Waals surface area (Å²) in [6, 6.07) is 0. The highest BCUT2D eigenvalue weighted by atomic mass is 16.5. The minimum absolute atomic E-state index is 0. The zero-order valence-corrected chi connectivity index (χ0v) is 6.11. The molecule has 6 heteroatoms. The van der Waals surface area contributed by atoms with Gasteiger partial charge < -0.3 is 21.1 Å². The third-order valence-corrected chi connectivity index (χ3v) is 0.841. The molecule has 0 bridgehead atoms. The number of aliphatic hydroxyl groups excluding tert-OH is 1. The standard InChI is InChI=1S/C5H8O5.H3N/c1-10-5(9)3(6)2-4(7)8;/h3,6H,2H2,1H3,(H,7,8);1H3. The zero-order valence-electron chi connectivity index (χ0n) is 6.11. The number of rotatable bonds is 3. The summed E-state index contributed by atoms with van der Waals surface area (Å²) < 4.78 is 4.06. The highest BCUT2D eigenvalue weighted by molar-refractivity contribution is 5.80. The number of ether oxygens (including phenoxy) is 1. The van der Waals surface area contributed by atoms with Gasteiger partial charge in [0.25, 0.3) is 0 Å². The van der Waals surface area contributed by atoms with Crippen molar-refractivity contribution in [1.82, 2.24) is 6.15 Å². The van der Waals surface area contributed by atoms with E-state index in [-0.39, 0.29) is 6.15 Å². The van der Waals surface area contributed by atoms with Crippen molar-refractivity contribution in [3.63, 3.8) is 0 Å². The van der Waals surface area contributed by atoms with Gasteiger partial charge >= 0.3 is 11.9 Å². The first-order valence-electron chi connectivity index (χ1n) is 2.55. The van der Waals surface area contributed by atoms with Crippen LogP contribution in [0.3, 0.4) is 0 Å². The van der Waals surface area contributed by atoms with Gasteiger partial charge in [0, 0.05) is 0 Å². The van der Waals surface area contributed by atoms with Crippen LogP contribution in [0.15, 0.2) is 0 Å². The molecule has 0 saturated carbocycles. The van der Waals surface area contributed by atoms with Crippen LogP contribution in [-0.4, -0.2) is 35.4 Å². The zero-order chi connectivity index (χ0) is 8.15. The predicted molar refractivity (Wildman–Crippen MR) is 35.3 cm³/mol. The summed E-state index contributed by atoms with van der Waals surface area (Å²) in [5.41, 5.74) is 0. The molecule has 1 atom stereocenters.